The van der Waals surface area contributed by atoms with Gasteiger partial charge in [0.25, 0.3) is 0 Å². The Balaban J connectivity index is 1.37. The Morgan fingerprint density at radius 1 is 1.12 bits per heavy atom. The third-order valence-corrected chi connectivity index (χ3v) is 6.00. The standard InChI is InChI=1S/C19H28N4O/c1-21-11-4-5-15(21)8-12-22-13-9-16(10-14-22)23-18-7-3-2-6-17(18)20-19(23)24/h2-3,6-7,15-16H,4-5,8-14H2,1H3,(H,20,24). The van der Waals surface area contributed by atoms with Crippen LogP contribution in [0.15, 0.2) is 29.1 Å². The molecule has 0 aliphatic carbocycles. The number of para-hydroxylation sites is 2. The lowest BCUT2D eigenvalue weighted by Crippen LogP contribution is -2.39. The van der Waals surface area contributed by atoms with E-state index in [1.54, 1.807) is 0 Å². The topological polar surface area (TPSA) is 44.3 Å². The average Bonchev–Trinajstić information content (AvgIpc) is 3.15. The smallest absolute Gasteiger partial charge is 0.306 e. The maximum atomic E-state index is 12.3. The van der Waals surface area contributed by atoms with Crippen molar-refractivity contribution in [3.63, 3.8) is 0 Å². The number of hydrogen-bond acceptors (Lipinski definition) is 3. The highest BCUT2D eigenvalue weighted by atomic mass is 16.1. The van der Waals surface area contributed by atoms with E-state index in [9.17, 15) is 4.79 Å². The van der Waals surface area contributed by atoms with Gasteiger partial charge in [-0.05, 0) is 64.4 Å². The molecule has 0 amide bonds. The Kier molecular flexibility index (Phi) is 4.46. The van der Waals surface area contributed by atoms with Crippen LogP contribution in [0.1, 0.15) is 38.1 Å². The van der Waals surface area contributed by atoms with Crippen LogP contribution in [0.2, 0.25) is 0 Å². The first-order chi connectivity index (χ1) is 11.7. The second-order valence-electron chi connectivity index (χ2n) is 7.46. The molecule has 1 N–H and O–H groups in total. The summed E-state index contributed by atoms with van der Waals surface area (Å²) in [6.07, 6.45) is 6.14. The number of benzene rings is 1. The molecule has 1 unspecified atom stereocenters. The Hall–Kier alpha value is -1.59. The van der Waals surface area contributed by atoms with Crippen LogP contribution >= 0.6 is 0 Å². The van der Waals surface area contributed by atoms with Gasteiger partial charge in [-0.3, -0.25) is 4.57 Å². The van der Waals surface area contributed by atoms with Gasteiger partial charge < -0.3 is 14.8 Å². The number of fused-ring (bicyclic) bond motifs is 1. The fourth-order valence-electron chi connectivity index (χ4n) is 4.51. The van der Waals surface area contributed by atoms with Crippen LogP contribution in [-0.2, 0) is 0 Å². The van der Waals surface area contributed by atoms with Crippen LogP contribution in [0, 0.1) is 0 Å². The van der Waals surface area contributed by atoms with Crippen molar-refractivity contribution in [3.05, 3.63) is 34.7 Å². The fraction of sp³-hybridized carbons (Fsp3) is 0.632. The monoisotopic (exact) mass is 328 g/mol. The van der Waals surface area contributed by atoms with Gasteiger partial charge >= 0.3 is 5.69 Å². The number of nitrogens with one attached hydrogen (secondary N) is 1. The first-order valence-electron chi connectivity index (χ1n) is 9.34. The third-order valence-electron chi connectivity index (χ3n) is 6.00. The molecule has 4 rings (SSSR count). The number of imidazole rings is 1. The molecule has 2 fully saturated rings. The Morgan fingerprint density at radius 3 is 2.67 bits per heavy atom. The molecule has 5 heteroatoms. The summed E-state index contributed by atoms with van der Waals surface area (Å²) in [6, 6.07) is 9.14. The largest absolute Gasteiger partial charge is 0.326 e. The van der Waals surface area contributed by atoms with Crippen LogP contribution in [0.4, 0.5) is 0 Å². The van der Waals surface area contributed by atoms with Crippen molar-refractivity contribution >= 4 is 11.0 Å². The molecule has 0 spiro atoms. The van der Waals surface area contributed by atoms with Crippen molar-refractivity contribution in [2.75, 3.05) is 33.2 Å². The first kappa shape index (κ1) is 15.9. The van der Waals surface area contributed by atoms with Crippen molar-refractivity contribution in [3.8, 4) is 0 Å². The van der Waals surface area contributed by atoms with Crippen LogP contribution in [0.5, 0.6) is 0 Å². The zero-order chi connectivity index (χ0) is 16.5. The predicted octanol–water partition coefficient (Wildman–Crippen LogP) is 2.45. The minimum absolute atomic E-state index is 0.0437. The first-order valence-corrected chi connectivity index (χ1v) is 9.34. The molecule has 5 nitrogen and oxygen atoms in total. The summed E-state index contributed by atoms with van der Waals surface area (Å²) in [5.74, 6) is 0. The number of likely N-dealkylation sites (tertiary alicyclic amines) is 2. The molecule has 1 aromatic carbocycles. The summed E-state index contributed by atoms with van der Waals surface area (Å²) in [6.45, 7) is 4.67. The molecule has 130 valence electrons. The van der Waals surface area contributed by atoms with Crippen LogP contribution in [-0.4, -0.2) is 58.6 Å². The van der Waals surface area contributed by atoms with Gasteiger partial charge in [-0.25, -0.2) is 4.79 Å². The number of piperidine rings is 1. The molecule has 2 aliphatic rings. The van der Waals surface area contributed by atoms with Crippen LogP contribution < -0.4 is 5.69 Å². The number of H-pyrrole nitrogens is 1. The zero-order valence-corrected chi connectivity index (χ0v) is 14.6. The molecule has 0 radical (unpaired) electrons. The minimum atomic E-state index is 0.0437. The highest BCUT2D eigenvalue weighted by Gasteiger charge is 2.25. The van der Waals surface area contributed by atoms with Gasteiger partial charge in [0.2, 0.25) is 0 Å². The third kappa shape index (κ3) is 3.03. The molecule has 1 atom stereocenters. The van der Waals surface area contributed by atoms with Gasteiger partial charge in [0.05, 0.1) is 11.0 Å². The summed E-state index contributed by atoms with van der Waals surface area (Å²) in [4.78, 5) is 20.4. The molecule has 2 aromatic rings. The van der Waals surface area contributed by atoms with Crippen LogP contribution in [0.3, 0.4) is 0 Å². The van der Waals surface area contributed by atoms with E-state index >= 15 is 0 Å². The van der Waals surface area contributed by atoms with E-state index < -0.39 is 0 Å². The van der Waals surface area contributed by atoms with E-state index in [0.717, 1.165) is 43.0 Å². The quantitative estimate of drug-likeness (QED) is 0.938. The molecule has 2 saturated heterocycles. The summed E-state index contributed by atoms with van der Waals surface area (Å²) in [5.41, 5.74) is 2.05. The van der Waals surface area contributed by atoms with Crippen molar-refractivity contribution in [1.82, 2.24) is 19.4 Å². The number of nitrogens with zero attached hydrogens (tertiary/aromatic N) is 3. The van der Waals surface area contributed by atoms with Crippen LogP contribution in [0.25, 0.3) is 11.0 Å². The fourth-order valence-corrected chi connectivity index (χ4v) is 4.51. The summed E-state index contributed by atoms with van der Waals surface area (Å²) < 4.78 is 1.98. The highest BCUT2D eigenvalue weighted by Crippen LogP contribution is 2.25. The van der Waals surface area contributed by atoms with Crippen molar-refractivity contribution in [2.45, 2.75) is 44.2 Å². The molecule has 24 heavy (non-hydrogen) atoms. The zero-order valence-electron chi connectivity index (χ0n) is 14.6. The summed E-state index contributed by atoms with van der Waals surface area (Å²) in [7, 11) is 2.26. The second kappa shape index (κ2) is 6.73. The number of hydrogen-bond donors (Lipinski definition) is 1. The maximum absolute atomic E-state index is 12.3. The molecular formula is C19H28N4O. The van der Waals surface area contributed by atoms with Crippen molar-refractivity contribution in [1.29, 1.82) is 0 Å². The Labute approximate surface area is 143 Å². The summed E-state index contributed by atoms with van der Waals surface area (Å²) >= 11 is 0. The van der Waals surface area contributed by atoms with E-state index in [4.69, 9.17) is 0 Å². The van der Waals surface area contributed by atoms with E-state index in [-0.39, 0.29) is 5.69 Å². The molecular weight excluding hydrogens is 300 g/mol. The number of aromatic amines is 1. The van der Waals surface area contributed by atoms with Gasteiger partial charge in [-0.1, -0.05) is 12.1 Å². The molecule has 1 aromatic heterocycles. The number of aromatic nitrogens is 2. The number of rotatable bonds is 4. The normalized spacial score (nSPS) is 24.1. The van der Waals surface area contributed by atoms with Gasteiger partial charge in [0, 0.05) is 25.2 Å². The SMILES string of the molecule is CN1CCCC1CCN1CCC(n2c(=O)[nH]c3ccccc32)CC1. The second-order valence-corrected chi connectivity index (χ2v) is 7.46. The average molecular weight is 328 g/mol. The van der Waals surface area contributed by atoms with E-state index in [1.165, 1.54) is 32.4 Å². The predicted molar refractivity (Wildman–Crippen MR) is 97.5 cm³/mol. The van der Waals surface area contributed by atoms with E-state index in [2.05, 4.69) is 27.9 Å². The Morgan fingerprint density at radius 2 is 1.92 bits per heavy atom. The molecule has 2 aliphatic heterocycles. The van der Waals surface area contributed by atoms with Gasteiger partial charge in [0.15, 0.2) is 0 Å². The minimum Gasteiger partial charge on any atom is -0.306 e. The Bertz CT molecular complexity index is 741. The van der Waals surface area contributed by atoms with E-state index in [0.29, 0.717) is 6.04 Å². The van der Waals surface area contributed by atoms with E-state index in [1.807, 2.05) is 22.8 Å². The van der Waals surface area contributed by atoms with Gasteiger partial charge in [0.1, 0.15) is 0 Å². The molecule has 0 bridgehead atoms. The van der Waals surface area contributed by atoms with Gasteiger partial charge in [-0.2, -0.15) is 0 Å². The van der Waals surface area contributed by atoms with Gasteiger partial charge in [-0.15, -0.1) is 0 Å². The van der Waals surface area contributed by atoms with Crippen molar-refractivity contribution < 1.29 is 0 Å². The molecule has 3 heterocycles. The maximum Gasteiger partial charge on any atom is 0.326 e. The lowest BCUT2D eigenvalue weighted by atomic mass is 10.0. The summed E-state index contributed by atoms with van der Waals surface area (Å²) in [5, 5.41) is 0. The lowest BCUT2D eigenvalue weighted by Gasteiger charge is -2.33. The molecule has 0 saturated carbocycles. The van der Waals surface area contributed by atoms with Crippen molar-refractivity contribution in [2.24, 2.45) is 0 Å². The lowest BCUT2D eigenvalue weighted by molar-refractivity contribution is 0.168. The highest BCUT2D eigenvalue weighted by molar-refractivity contribution is 5.75.